The third-order valence-electron chi connectivity index (χ3n) is 3.73. The van der Waals surface area contributed by atoms with Crippen molar-refractivity contribution in [2.24, 2.45) is 0 Å². The molecule has 126 valence electrons. The first-order valence-electron chi connectivity index (χ1n) is 7.57. The summed E-state index contributed by atoms with van der Waals surface area (Å²) in [4.78, 5) is 2.69. The molecule has 1 aromatic rings. The van der Waals surface area contributed by atoms with Crippen molar-refractivity contribution in [3.05, 3.63) is 23.3 Å². The van der Waals surface area contributed by atoms with Gasteiger partial charge in [0, 0.05) is 35.5 Å². The van der Waals surface area contributed by atoms with Gasteiger partial charge in [-0.2, -0.15) is 0 Å². The van der Waals surface area contributed by atoms with Crippen molar-refractivity contribution in [2.75, 3.05) is 25.7 Å². The molecule has 0 amide bonds. The Bertz CT molecular complexity index is 450. The van der Waals surface area contributed by atoms with E-state index >= 15 is 0 Å². The highest BCUT2D eigenvalue weighted by molar-refractivity contribution is 7.99. The fourth-order valence-electron chi connectivity index (χ4n) is 1.70. The molecular weight excluding hydrogens is 312 g/mol. The number of benzene rings is 1. The van der Waals surface area contributed by atoms with Crippen LogP contribution in [0.15, 0.2) is 21.9 Å². The molecule has 1 aromatic carbocycles. The fraction of sp³-hybridized carbons (Fsp3) is 0.667. The Morgan fingerprint density at radius 1 is 0.773 bits per heavy atom. The lowest BCUT2D eigenvalue weighted by molar-refractivity contribution is 0.0437. The van der Waals surface area contributed by atoms with E-state index < -0.39 is 0 Å². The number of aryl methyl sites for hydroxylation is 2. The normalized spacial score (nSPS) is 12.7. The van der Waals surface area contributed by atoms with E-state index in [0.717, 1.165) is 11.5 Å². The Morgan fingerprint density at radius 3 is 1.36 bits per heavy atom. The van der Waals surface area contributed by atoms with E-state index in [1.807, 2.05) is 23.5 Å². The first-order valence-corrected chi connectivity index (χ1v) is 9.54. The standard InChI is InChI=1S/C18H30O2S2/c1-13-9-16(22-12-18(5,6)20-8)14(2)10-15(13)21-11-17(3,4)19-7/h9-10H,11-12H2,1-8H3. The molecule has 0 saturated carbocycles. The van der Waals surface area contributed by atoms with E-state index in [1.54, 1.807) is 14.2 Å². The number of methoxy groups -OCH3 is 2. The minimum absolute atomic E-state index is 0.0963. The monoisotopic (exact) mass is 342 g/mol. The van der Waals surface area contributed by atoms with Gasteiger partial charge < -0.3 is 9.47 Å². The summed E-state index contributed by atoms with van der Waals surface area (Å²) in [7, 11) is 3.55. The SMILES string of the molecule is COC(C)(C)CSc1cc(C)c(SCC(C)(C)OC)cc1C. The van der Waals surface area contributed by atoms with Gasteiger partial charge in [0.1, 0.15) is 0 Å². The third-order valence-corrected chi connectivity index (χ3v) is 6.91. The second-order valence-electron chi connectivity index (χ2n) is 6.89. The van der Waals surface area contributed by atoms with Gasteiger partial charge in [0.2, 0.25) is 0 Å². The Morgan fingerprint density at radius 2 is 1.09 bits per heavy atom. The summed E-state index contributed by atoms with van der Waals surface area (Å²) in [6, 6.07) is 4.60. The third kappa shape index (κ3) is 6.15. The zero-order valence-electron chi connectivity index (χ0n) is 15.2. The summed E-state index contributed by atoms with van der Waals surface area (Å²) in [6.07, 6.45) is 0. The highest BCUT2D eigenvalue weighted by Crippen LogP contribution is 2.34. The van der Waals surface area contributed by atoms with Gasteiger partial charge in [-0.25, -0.2) is 0 Å². The van der Waals surface area contributed by atoms with E-state index in [1.165, 1.54) is 20.9 Å². The van der Waals surface area contributed by atoms with Gasteiger partial charge in [-0.3, -0.25) is 0 Å². The lowest BCUT2D eigenvalue weighted by Gasteiger charge is -2.24. The molecule has 0 aliphatic heterocycles. The van der Waals surface area contributed by atoms with Crippen LogP contribution in [0, 0.1) is 13.8 Å². The predicted molar refractivity (Wildman–Crippen MR) is 99.5 cm³/mol. The first-order chi connectivity index (χ1) is 10.1. The maximum absolute atomic E-state index is 5.50. The Balaban J connectivity index is 2.79. The van der Waals surface area contributed by atoms with Crippen molar-refractivity contribution in [2.45, 2.75) is 62.5 Å². The summed E-state index contributed by atoms with van der Waals surface area (Å²) in [6.45, 7) is 12.9. The number of thioether (sulfide) groups is 2. The van der Waals surface area contributed by atoms with Gasteiger partial charge in [-0.15, -0.1) is 23.5 Å². The molecule has 0 saturated heterocycles. The van der Waals surface area contributed by atoms with Crippen LogP contribution >= 0.6 is 23.5 Å². The molecule has 0 aromatic heterocycles. The van der Waals surface area contributed by atoms with E-state index in [9.17, 15) is 0 Å². The molecule has 0 N–H and O–H groups in total. The molecule has 0 aliphatic carbocycles. The highest BCUT2D eigenvalue weighted by Gasteiger charge is 2.19. The number of ether oxygens (including phenoxy) is 2. The molecule has 4 heteroatoms. The van der Waals surface area contributed by atoms with E-state index in [0.29, 0.717) is 0 Å². The molecule has 0 bridgehead atoms. The van der Waals surface area contributed by atoms with Crippen LogP contribution in [0.4, 0.5) is 0 Å². The highest BCUT2D eigenvalue weighted by atomic mass is 32.2. The summed E-state index contributed by atoms with van der Waals surface area (Å²) in [5, 5.41) is 0. The van der Waals surface area contributed by atoms with Crippen LogP contribution in [0.5, 0.6) is 0 Å². The molecule has 0 spiro atoms. The molecule has 0 fully saturated rings. The van der Waals surface area contributed by atoms with Crippen LogP contribution in [-0.4, -0.2) is 36.9 Å². The average molecular weight is 343 g/mol. The number of hydrogen-bond acceptors (Lipinski definition) is 4. The van der Waals surface area contributed by atoms with Gasteiger partial charge in [-0.05, 0) is 64.8 Å². The van der Waals surface area contributed by atoms with E-state index in [-0.39, 0.29) is 11.2 Å². The molecule has 0 unspecified atom stereocenters. The minimum atomic E-state index is -0.0963. The van der Waals surface area contributed by atoms with Crippen molar-refractivity contribution in [3.63, 3.8) is 0 Å². The van der Waals surface area contributed by atoms with Crippen molar-refractivity contribution in [3.8, 4) is 0 Å². The maximum atomic E-state index is 5.50. The van der Waals surface area contributed by atoms with Crippen LogP contribution in [0.2, 0.25) is 0 Å². The molecule has 22 heavy (non-hydrogen) atoms. The number of hydrogen-bond donors (Lipinski definition) is 0. The largest absolute Gasteiger partial charge is 0.378 e. The second kappa shape index (κ2) is 8.09. The van der Waals surface area contributed by atoms with Gasteiger partial charge in [-0.1, -0.05) is 0 Å². The summed E-state index contributed by atoms with van der Waals surface area (Å²) in [5.41, 5.74) is 2.47. The zero-order chi connectivity index (χ0) is 17.0. The number of rotatable bonds is 8. The van der Waals surface area contributed by atoms with Crippen molar-refractivity contribution >= 4 is 23.5 Å². The van der Waals surface area contributed by atoms with Crippen LogP contribution < -0.4 is 0 Å². The van der Waals surface area contributed by atoms with Gasteiger partial charge in [0.15, 0.2) is 0 Å². The lowest BCUT2D eigenvalue weighted by atomic mass is 10.2. The van der Waals surface area contributed by atoms with Crippen LogP contribution in [-0.2, 0) is 9.47 Å². The lowest BCUT2D eigenvalue weighted by Crippen LogP contribution is -2.25. The molecule has 2 nitrogen and oxygen atoms in total. The summed E-state index contributed by atoms with van der Waals surface area (Å²) < 4.78 is 11.0. The molecule has 0 aliphatic rings. The first kappa shape index (κ1) is 19.9. The zero-order valence-corrected chi connectivity index (χ0v) is 16.8. The van der Waals surface area contributed by atoms with Crippen LogP contribution in [0.25, 0.3) is 0 Å². The van der Waals surface area contributed by atoms with Gasteiger partial charge in [0.05, 0.1) is 11.2 Å². The van der Waals surface area contributed by atoms with Crippen molar-refractivity contribution in [1.29, 1.82) is 0 Å². The van der Waals surface area contributed by atoms with Crippen LogP contribution in [0.1, 0.15) is 38.8 Å². The predicted octanol–water partition coefficient (Wildman–Crippen LogP) is 5.34. The van der Waals surface area contributed by atoms with Crippen molar-refractivity contribution in [1.82, 2.24) is 0 Å². The average Bonchev–Trinajstić information content (AvgIpc) is 2.46. The molecular formula is C18H30O2S2. The fourth-order valence-corrected chi connectivity index (χ4v) is 4.03. The second-order valence-corrected chi connectivity index (χ2v) is 8.92. The molecule has 0 heterocycles. The molecule has 1 rings (SSSR count). The van der Waals surface area contributed by atoms with Crippen LogP contribution in [0.3, 0.4) is 0 Å². The summed E-state index contributed by atoms with van der Waals surface area (Å²) >= 11 is 3.74. The maximum Gasteiger partial charge on any atom is 0.0716 e. The quantitative estimate of drug-likeness (QED) is 0.594. The van der Waals surface area contributed by atoms with Gasteiger partial charge in [0.25, 0.3) is 0 Å². The Hall–Kier alpha value is -0.160. The topological polar surface area (TPSA) is 18.5 Å². The smallest absolute Gasteiger partial charge is 0.0716 e. The van der Waals surface area contributed by atoms with Crippen molar-refractivity contribution < 1.29 is 9.47 Å². The molecule has 0 atom stereocenters. The Kier molecular flexibility index (Phi) is 7.31. The Labute approximate surface area is 144 Å². The summed E-state index contributed by atoms with van der Waals surface area (Å²) in [5.74, 6) is 1.90. The van der Waals surface area contributed by atoms with E-state index in [2.05, 4.69) is 53.7 Å². The minimum Gasteiger partial charge on any atom is -0.378 e. The molecule has 0 radical (unpaired) electrons. The van der Waals surface area contributed by atoms with E-state index in [4.69, 9.17) is 9.47 Å². The van der Waals surface area contributed by atoms with Gasteiger partial charge >= 0.3 is 0 Å².